The van der Waals surface area contributed by atoms with Crippen molar-refractivity contribution in [2.45, 2.75) is 12.5 Å². The van der Waals surface area contributed by atoms with Crippen LogP contribution >= 0.6 is 11.6 Å². The molecular weight excluding hydrogens is 182 g/mol. The minimum absolute atomic E-state index is 0.224. The zero-order valence-electron chi connectivity index (χ0n) is 7.55. The first-order valence-electron chi connectivity index (χ1n) is 4.14. The van der Waals surface area contributed by atoms with E-state index in [1.807, 2.05) is 31.3 Å². The van der Waals surface area contributed by atoms with Gasteiger partial charge in [0.25, 0.3) is 0 Å². The predicted octanol–water partition coefficient (Wildman–Crippen LogP) is 2.62. The largest absolute Gasteiger partial charge is 0.312 e. The lowest BCUT2D eigenvalue weighted by Gasteiger charge is -2.13. The van der Waals surface area contributed by atoms with Crippen LogP contribution in [0.25, 0.3) is 0 Å². The van der Waals surface area contributed by atoms with Crippen LogP contribution in [0.1, 0.15) is 18.0 Å². The molecule has 0 saturated heterocycles. The first kappa shape index (κ1) is 10.1. The van der Waals surface area contributed by atoms with Crippen molar-refractivity contribution in [1.82, 2.24) is 5.32 Å². The molecule has 0 heterocycles. The van der Waals surface area contributed by atoms with Gasteiger partial charge in [0.1, 0.15) is 0 Å². The Balaban J connectivity index is 2.80. The molecule has 1 aromatic rings. The van der Waals surface area contributed by atoms with E-state index in [-0.39, 0.29) is 6.04 Å². The molecule has 0 saturated carbocycles. The van der Waals surface area contributed by atoms with Gasteiger partial charge in [0.2, 0.25) is 0 Å². The number of nitrogens with one attached hydrogen (secondary N) is 1. The molecule has 0 radical (unpaired) electrons. The maximum absolute atomic E-state index is 5.78. The van der Waals surface area contributed by atoms with Crippen molar-refractivity contribution >= 4 is 11.6 Å². The van der Waals surface area contributed by atoms with Crippen molar-refractivity contribution in [2.24, 2.45) is 0 Å². The molecule has 0 fully saturated rings. The Morgan fingerprint density at radius 3 is 2.54 bits per heavy atom. The fourth-order valence-corrected chi connectivity index (χ4v) is 1.33. The molecule has 0 aliphatic carbocycles. The number of terminal acetylenes is 1. The first-order valence-corrected chi connectivity index (χ1v) is 4.52. The monoisotopic (exact) mass is 193 g/mol. The molecule has 2 heteroatoms. The molecule has 0 aliphatic heterocycles. The summed E-state index contributed by atoms with van der Waals surface area (Å²) in [6.07, 6.45) is 5.95. The van der Waals surface area contributed by atoms with Crippen LogP contribution in [-0.4, -0.2) is 7.05 Å². The Labute approximate surface area is 84.1 Å². The molecule has 68 valence electrons. The molecule has 1 aromatic carbocycles. The molecule has 1 rings (SSSR count). The average Bonchev–Trinajstić information content (AvgIpc) is 2.16. The molecule has 1 atom stereocenters. The van der Waals surface area contributed by atoms with E-state index in [2.05, 4.69) is 11.2 Å². The maximum Gasteiger partial charge on any atom is 0.0428 e. The highest BCUT2D eigenvalue weighted by molar-refractivity contribution is 6.30. The molecule has 1 N–H and O–H groups in total. The zero-order chi connectivity index (χ0) is 9.68. The average molecular weight is 194 g/mol. The SMILES string of the molecule is C#CCC(NC)c1ccc(Cl)cc1. The van der Waals surface area contributed by atoms with Crippen LogP contribution in [0, 0.1) is 12.3 Å². The molecule has 0 aromatic heterocycles. The Morgan fingerprint density at radius 2 is 2.08 bits per heavy atom. The standard InChI is InChI=1S/C11H12ClN/c1-3-4-11(13-2)9-5-7-10(12)8-6-9/h1,5-8,11,13H,4H2,2H3. The fourth-order valence-electron chi connectivity index (χ4n) is 1.20. The topological polar surface area (TPSA) is 12.0 Å². The number of hydrogen-bond donors (Lipinski definition) is 1. The van der Waals surface area contributed by atoms with Crippen molar-refractivity contribution in [2.75, 3.05) is 7.05 Å². The van der Waals surface area contributed by atoms with E-state index in [0.29, 0.717) is 6.42 Å². The van der Waals surface area contributed by atoms with Gasteiger partial charge in [0.15, 0.2) is 0 Å². The summed E-state index contributed by atoms with van der Waals surface area (Å²) in [4.78, 5) is 0. The number of hydrogen-bond acceptors (Lipinski definition) is 1. The zero-order valence-corrected chi connectivity index (χ0v) is 8.31. The van der Waals surface area contributed by atoms with E-state index in [4.69, 9.17) is 18.0 Å². The van der Waals surface area contributed by atoms with E-state index in [9.17, 15) is 0 Å². The quantitative estimate of drug-likeness (QED) is 0.728. The predicted molar refractivity (Wildman–Crippen MR) is 56.7 cm³/mol. The summed E-state index contributed by atoms with van der Waals surface area (Å²) in [5.41, 5.74) is 1.17. The third kappa shape index (κ3) is 2.77. The normalized spacial score (nSPS) is 12.1. The van der Waals surface area contributed by atoms with Crippen LogP contribution in [0.3, 0.4) is 0 Å². The van der Waals surface area contributed by atoms with Crippen LogP contribution in [0.15, 0.2) is 24.3 Å². The van der Waals surface area contributed by atoms with Gasteiger partial charge in [-0.15, -0.1) is 12.3 Å². The second-order valence-electron chi connectivity index (χ2n) is 2.80. The summed E-state index contributed by atoms with van der Waals surface area (Å²) < 4.78 is 0. The third-order valence-electron chi connectivity index (χ3n) is 1.94. The van der Waals surface area contributed by atoms with Crippen LogP contribution in [0.2, 0.25) is 5.02 Å². The minimum Gasteiger partial charge on any atom is -0.312 e. The molecule has 0 spiro atoms. The summed E-state index contributed by atoms with van der Waals surface area (Å²) in [5, 5.41) is 3.90. The van der Waals surface area contributed by atoms with Gasteiger partial charge in [-0.2, -0.15) is 0 Å². The Morgan fingerprint density at radius 1 is 1.46 bits per heavy atom. The second-order valence-corrected chi connectivity index (χ2v) is 3.24. The van der Waals surface area contributed by atoms with Gasteiger partial charge in [-0.1, -0.05) is 23.7 Å². The lowest BCUT2D eigenvalue weighted by molar-refractivity contribution is 0.611. The molecule has 0 aliphatic rings. The second kappa shape index (κ2) is 4.91. The van der Waals surface area contributed by atoms with Gasteiger partial charge in [-0.3, -0.25) is 0 Å². The number of rotatable bonds is 3. The van der Waals surface area contributed by atoms with Crippen molar-refractivity contribution in [1.29, 1.82) is 0 Å². The Hall–Kier alpha value is -0.970. The van der Waals surface area contributed by atoms with Gasteiger partial charge >= 0.3 is 0 Å². The van der Waals surface area contributed by atoms with E-state index in [1.54, 1.807) is 0 Å². The van der Waals surface area contributed by atoms with Crippen molar-refractivity contribution < 1.29 is 0 Å². The third-order valence-corrected chi connectivity index (χ3v) is 2.19. The molecule has 1 unspecified atom stereocenters. The summed E-state index contributed by atoms with van der Waals surface area (Å²) >= 11 is 5.78. The summed E-state index contributed by atoms with van der Waals surface area (Å²) in [6.45, 7) is 0. The smallest absolute Gasteiger partial charge is 0.0428 e. The molecular formula is C11H12ClN. The molecule has 1 nitrogen and oxygen atoms in total. The van der Waals surface area contributed by atoms with Crippen LogP contribution in [-0.2, 0) is 0 Å². The molecule has 0 amide bonds. The number of halogens is 1. The van der Waals surface area contributed by atoms with Crippen LogP contribution in [0.4, 0.5) is 0 Å². The highest BCUT2D eigenvalue weighted by atomic mass is 35.5. The first-order chi connectivity index (χ1) is 6.27. The van der Waals surface area contributed by atoms with E-state index in [1.165, 1.54) is 5.56 Å². The lowest BCUT2D eigenvalue weighted by Crippen LogP contribution is -2.15. The van der Waals surface area contributed by atoms with Crippen LogP contribution < -0.4 is 5.32 Å². The van der Waals surface area contributed by atoms with Gasteiger partial charge in [-0.05, 0) is 24.7 Å². The van der Waals surface area contributed by atoms with Gasteiger partial charge in [-0.25, -0.2) is 0 Å². The Bertz CT molecular complexity index is 297. The van der Waals surface area contributed by atoms with Gasteiger partial charge in [0.05, 0.1) is 0 Å². The fraction of sp³-hybridized carbons (Fsp3) is 0.273. The van der Waals surface area contributed by atoms with Crippen molar-refractivity contribution in [3.8, 4) is 12.3 Å². The highest BCUT2D eigenvalue weighted by Crippen LogP contribution is 2.18. The molecule has 0 bridgehead atoms. The summed E-state index contributed by atoms with van der Waals surface area (Å²) in [6, 6.07) is 7.94. The highest BCUT2D eigenvalue weighted by Gasteiger charge is 2.06. The van der Waals surface area contributed by atoms with Crippen LogP contribution in [0.5, 0.6) is 0 Å². The van der Waals surface area contributed by atoms with Crippen molar-refractivity contribution in [3.05, 3.63) is 34.9 Å². The number of benzene rings is 1. The lowest BCUT2D eigenvalue weighted by atomic mass is 10.0. The van der Waals surface area contributed by atoms with E-state index < -0.39 is 0 Å². The van der Waals surface area contributed by atoms with Gasteiger partial charge in [0, 0.05) is 17.5 Å². The van der Waals surface area contributed by atoms with Gasteiger partial charge < -0.3 is 5.32 Å². The molecule has 13 heavy (non-hydrogen) atoms. The minimum atomic E-state index is 0.224. The van der Waals surface area contributed by atoms with E-state index >= 15 is 0 Å². The van der Waals surface area contributed by atoms with Crippen molar-refractivity contribution in [3.63, 3.8) is 0 Å². The summed E-state index contributed by atoms with van der Waals surface area (Å²) in [5.74, 6) is 2.64. The maximum atomic E-state index is 5.78. The van der Waals surface area contributed by atoms with E-state index in [0.717, 1.165) is 5.02 Å². The Kier molecular flexibility index (Phi) is 3.82. The summed E-state index contributed by atoms with van der Waals surface area (Å²) in [7, 11) is 1.90.